The Bertz CT molecular complexity index is 612. The normalized spacial score (nSPS) is 11.4. The molecule has 1 aromatic carbocycles. The van der Waals surface area contributed by atoms with Gasteiger partial charge in [0.15, 0.2) is 0 Å². The number of benzene rings is 1. The maximum absolute atomic E-state index is 4.45. The number of hydrazone groups is 1. The molecule has 1 aromatic heterocycles. The molecule has 0 bridgehead atoms. The molecule has 6 heteroatoms. The molecule has 0 aliphatic heterocycles. The highest BCUT2D eigenvalue weighted by Crippen LogP contribution is 2.14. The van der Waals surface area contributed by atoms with Gasteiger partial charge in [0.05, 0.1) is 17.6 Å². The standard InChI is InChI=1S/C14H17N5S/c1-4-11(13-9-15-19-14(16-13)20-3)17-18-12-8-6-5-7-10(12)2/h5-9,18H,4H2,1-3H3/b17-11+. The Hall–Kier alpha value is -1.95. The predicted molar refractivity (Wildman–Crippen MR) is 83.2 cm³/mol. The van der Waals surface area contributed by atoms with Crippen LogP contribution in [0, 0.1) is 6.92 Å². The van der Waals surface area contributed by atoms with E-state index in [1.54, 1.807) is 6.20 Å². The second-order valence-electron chi connectivity index (χ2n) is 4.17. The number of rotatable bonds is 5. The zero-order valence-corrected chi connectivity index (χ0v) is 12.6. The fraction of sp³-hybridized carbons (Fsp3) is 0.286. The number of thioether (sulfide) groups is 1. The Morgan fingerprint density at radius 2 is 2.15 bits per heavy atom. The van der Waals surface area contributed by atoms with E-state index in [-0.39, 0.29) is 0 Å². The molecule has 0 saturated heterocycles. The van der Waals surface area contributed by atoms with Gasteiger partial charge >= 0.3 is 0 Å². The number of nitrogens with zero attached hydrogens (tertiary/aromatic N) is 4. The monoisotopic (exact) mass is 287 g/mol. The molecule has 0 fully saturated rings. The predicted octanol–water partition coefficient (Wildman–Crippen LogP) is 3.13. The largest absolute Gasteiger partial charge is 0.278 e. The first-order valence-electron chi connectivity index (χ1n) is 6.37. The van der Waals surface area contributed by atoms with Crippen LogP contribution < -0.4 is 5.43 Å². The van der Waals surface area contributed by atoms with Gasteiger partial charge in [-0.1, -0.05) is 36.9 Å². The summed E-state index contributed by atoms with van der Waals surface area (Å²) >= 11 is 1.47. The summed E-state index contributed by atoms with van der Waals surface area (Å²) in [5.41, 5.74) is 6.85. The van der Waals surface area contributed by atoms with Crippen molar-refractivity contribution in [3.05, 3.63) is 41.7 Å². The Kier molecular flexibility index (Phi) is 5.06. The van der Waals surface area contributed by atoms with Gasteiger partial charge < -0.3 is 0 Å². The Balaban J connectivity index is 2.23. The molecule has 104 valence electrons. The quantitative estimate of drug-likeness (QED) is 0.520. The topological polar surface area (TPSA) is 63.1 Å². The number of aryl methyl sites for hydroxylation is 1. The maximum atomic E-state index is 4.45. The van der Waals surface area contributed by atoms with Crippen molar-refractivity contribution in [2.24, 2.45) is 5.10 Å². The summed E-state index contributed by atoms with van der Waals surface area (Å²) in [6.07, 6.45) is 4.34. The Labute approximate surface area is 122 Å². The van der Waals surface area contributed by atoms with E-state index in [2.05, 4.69) is 25.7 Å². The van der Waals surface area contributed by atoms with E-state index >= 15 is 0 Å². The summed E-state index contributed by atoms with van der Waals surface area (Å²) in [6, 6.07) is 8.03. The molecule has 0 radical (unpaired) electrons. The number of hydrogen-bond donors (Lipinski definition) is 1. The summed E-state index contributed by atoms with van der Waals surface area (Å²) in [7, 11) is 0. The lowest BCUT2D eigenvalue weighted by Crippen LogP contribution is -2.08. The zero-order chi connectivity index (χ0) is 14.4. The minimum atomic E-state index is 0.652. The summed E-state index contributed by atoms with van der Waals surface area (Å²) < 4.78 is 0. The van der Waals surface area contributed by atoms with Crippen LogP contribution in [0.4, 0.5) is 5.69 Å². The lowest BCUT2D eigenvalue weighted by Gasteiger charge is -2.07. The smallest absolute Gasteiger partial charge is 0.209 e. The van der Waals surface area contributed by atoms with Crippen LogP contribution in [0.5, 0.6) is 0 Å². The van der Waals surface area contributed by atoms with Crippen LogP contribution in [0.25, 0.3) is 0 Å². The van der Waals surface area contributed by atoms with Crippen molar-refractivity contribution < 1.29 is 0 Å². The molecule has 1 N–H and O–H groups in total. The molecule has 5 nitrogen and oxygen atoms in total. The van der Waals surface area contributed by atoms with Crippen LogP contribution in [0.15, 0.2) is 40.7 Å². The van der Waals surface area contributed by atoms with Crippen LogP contribution in [0.3, 0.4) is 0 Å². The van der Waals surface area contributed by atoms with Crippen molar-refractivity contribution in [1.82, 2.24) is 15.2 Å². The van der Waals surface area contributed by atoms with Gasteiger partial charge in [-0.05, 0) is 31.2 Å². The molecule has 0 amide bonds. The molecule has 2 rings (SSSR count). The third kappa shape index (κ3) is 3.54. The van der Waals surface area contributed by atoms with Crippen LogP contribution >= 0.6 is 11.8 Å². The van der Waals surface area contributed by atoms with E-state index in [0.29, 0.717) is 5.16 Å². The van der Waals surface area contributed by atoms with Crippen molar-refractivity contribution in [3.8, 4) is 0 Å². The van der Waals surface area contributed by atoms with E-state index in [1.807, 2.05) is 44.4 Å². The van der Waals surface area contributed by atoms with Gasteiger partial charge in [-0.15, -0.1) is 5.10 Å². The SMILES string of the molecule is CC/C(=N\Nc1ccccc1C)c1cnnc(SC)n1. The summed E-state index contributed by atoms with van der Waals surface area (Å²) in [5.74, 6) is 0. The molecule has 1 heterocycles. The van der Waals surface area contributed by atoms with E-state index in [4.69, 9.17) is 0 Å². The van der Waals surface area contributed by atoms with E-state index in [1.165, 1.54) is 11.8 Å². The first kappa shape index (κ1) is 14.5. The highest BCUT2D eigenvalue weighted by Gasteiger charge is 2.06. The third-order valence-electron chi connectivity index (χ3n) is 2.81. The Morgan fingerprint density at radius 1 is 1.35 bits per heavy atom. The lowest BCUT2D eigenvalue weighted by atomic mass is 10.2. The number of anilines is 1. The van der Waals surface area contributed by atoms with Gasteiger partial charge in [0.1, 0.15) is 5.69 Å². The molecule has 20 heavy (non-hydrogen) atoms. The molecular formula is C14H17N5S. The highest BCUT2D eigenvalue weighted by atomic mass is 32.2. The number of hydrogen-bond acceptors (Lipinski definition) is 6. The number of aromatic nitrogens is 3. The van der Waals surface area contributed by atoms with Crippen LogP contribution in [0.2, 0.25) is 0 Å². The summed E-state index contributed by atoms with van der Waals surface area (Å²) in [6.45, 7) is 4.08. The van der Waals surface area contributed by atoms with E-state index in [9.17, 15) is 0 Å². The van der Waals surface area contributed by atoms with Gasteiger partial charge in [0.2, 0.25) is 5.16 Å². The first-order chi connectivity index (χ1) is 9.74. The fourth-order valence-corrected chi connectivity index (χ4v) is 1.97. The van der Waals surface area contributed by atoms with E-state index in [0.717, 1.165) is 29.1 Å². The number of para-hydroxylation sites is 1. The minimum absolute atomic E-state index is 0.652. The zero-order valence-electron chi connectivity index (χ0n) is 11.8. The van der Waals surface area contributed by atoms with Crippen LogP contribution in [0.1, 0.15) is 24.6 Å². The first-order valence-corrected chi connectivity index (χ1v) is 7.59. The molecule has 2 aromatic rings. The van der Waals surface area contributed by atoms with Gasteiger partial charge in [-0.3, -0.25) is 5.43 Å². The molecule has 0 saturated carbocycles. The average molecular weight is 287 g/mol. The lowest BCUT2D eigenvalue weighted by molar-refractivity contribution is 0.831. The van der Waals surface area contributed by atoms with Crippen molar-refractivity contribution in [3.63, 3.8) is 0 Å². The van der Waals surface area contributed by atoms with Gasteiger partial charge in [0, 0.05) is 0 Å². The molecule has 0 atom stereocenters. The van der Waals surface area contributed by atoms with Crippen LogP contribution in [-0.2, 0) is 0 Å². The maximum Gasteiger partial charge on any atom is 0.209 e. The minimum Gasteiger partial charge on any atom is -0.278 e. The van der Waals surface area contributed by atoms with Crippen molar-refractivity contribution in [2.75, 3.05) is 11.7 Å². The highest BCUT2D eigenvalue weighted by molar-refractivity contribution is 7.98. The molecule has 0 unspecified atom stereocenters. The molecule has 0 spiro atoms. The fourth-order valence-electron chi connectivity index (χ4n) is 1.66. The van der Waals surface area contributed by atoms with Gasteiger partial charge in [-0.25, -0.2) is 4.98 Å². The second-order valence-corrected chi connectivity index (χ2v) is 4.94. The van der Waals surface area contributed by atoms with Crippen LogP contribution in [-0.4, -0.2) is 27.1 Å². The van der Waals surface area contributed by atoms with Crippen molar-refractivity contribution >= 4 is 23.2 Å². The van der Waals surface area contributed by atoms with Gasteiger partial charge in [-0.2, -0.15) is 10.2 Å². The summed E-state index contributed by atoms with van der Waals surface area (Å²) in [5, 5.41) is 13.0. The second kappa shape index (κ2) is 7.00. The Morgan fingerprint density at radius 3 is 2.85 bits per heavy atom. The van der Waals surface area contributed by atoms with E-state index < -0.39 is 0 Å². The average Bonchev–Trinajstić information content (AvgIpc) is 2.50. The summed E-state index contributed by atoms with van der Waals surface area (Å²) in [4.78, 5) is 4.42. The van der Waals surface area contributed by atoms with Crippen molar-refractivity contribution in [2.45, 2.75) is 25.4 Å². The number of nitrogens with one attached hydrogen (secondary N) is 1. The van der Waals surface area contributed by atoms with Gasteiger partial charge in [0.25, 0.3) is 0 Å². The molecule has 0 aliphatic rings. The third-order valence-corrected chi connectivity index (χ3v) is 3.35. The molecular weight excluding hydrogens is 270 g/mol. The van der Waals surface area contributed by atoms with Crippen molar-refractivity contribution in [1.29, 1.82) is 0 Å². The molecule has 0 aliphatic carbocycles.